The van der Waals surface area contributed by atoms with Crippen molar-refractivity contribution in [3.63, 3.8) is 0 Å². The molecule has 1 aromatic rings. The standard InChI is InChI=1S/C11H19N3O4S2/c1-4-11(2,16)7-12-9(15)5-8-6-19-10(13-8)14-20(3,17)18/h6,16H,4-5,7H2,1-3H3,(H,12,15)(H,13,14). The van der Waals surface area contributed by atoms with Gasteiger partial charge in [-0.05, 0) is 13.3 Å². The van der Waals surface area contributed by atoms with Crippen molar-refractivity contribution in [2.45, 2.75) is 32.3 Å². The van der Waals surface area contributed by atoms with Gasteiger partial charge in [-0.25, -0.2) is 13.4 Å². The van der Waals surface area contributed by atoms with Crippen molar-refractivity contribution in [1.29, 1.82) is 0 Å². The predicted molar refractivity (Wildman–Crippen MR) is 78.2 cm³/mol. The van der Waals surface area contributed by atoms with Crippen LogP contribution >= 0.6 is 11.3 Å². The first kappa shape index (κ1) is 16.9. The Labute approximate surface area is 122 Å². The van der Waals surface area contributed by atoms with Gasteiger partial charge in [0.05, 0.1) is 24.0 Å². The summed E-state index contributed by atoms with van der Waals surface area (Å²) in [5, 5.41) is 14.2. The Bertz CT molecular complexity index is 566. The molecule has 0 aliphatic rings. The Morgan fingerprint density at radius 3 is 2.75 bits per heavy atom. The Morgan fingerprint density at radius 2 is 2.20 bits per heavy atom. The maximum Gasteiger partial charge on any atom is 0.231 e. The molecule has 1 heterocycles. The number of aromatic nitrogens is 1. The van der Waals surface area contributed by atoms with E-state index in [-0.39, 0.29) is 24.0 Å². The summed E-state index contributed by atoms with van der Waals surface area (Å²) < 4.78 is 24.3. The normalized spacial score (nSPS) is 14.6. The number of anilines is 1. The van der Waals surface area contributed by atoms with Crippen LogP contribution in [0.5, 0.6) is 0 Å². The summed E-state index contributed by atoms with van der Waals surface area (Å²) in [5.74, 6) is -0.269. The molecule has 20 heavy (non-hydrogen) atoms. The summed E-state index contributed by atoms with van der Waals surface area (Å²) in [7, 11) is -3.36. The predicted octanol–water partition coefficient (Wildman–Crippen LogP) is 0.334. The molecular weight excluding hydrogens is 302 g/mol. The number of thiazole rings is 1. The van der Waals surface area contributed by atoms with Crippen LogP contribution in [-0.2, 0) is 21.2 Å². The third kappa shape index (κ3) is 6.31. The van der Waals surface area contributed by atoms with E-state index in [9.17, 15) is 18.3 Å². The molecule has 0 bridgehead atoms. The lowest BCUT2D eigenvalue weighted by molar-refractivity contribution is -0.121. The number of hydrogen-bond acceptors (Lipinski definition) is 6. The van der Waals surface area contributed by atoms with Crippen molar-refractivity contribution in [3.8, 4) is 0 Å². The number of hydrogen-bond donors (Lipinski definition) is 3. The van der Waals surface area contributed by atoms with Crippen LogP contribution in [-0.4, -0.2) is 42.8 Å². The van der Waals surface area contributed by atoms with Crippen LogP contribution in [0.25, 0.3) is 0 Å². The lowest BCUT2D eigenvalue weighted by Gasteiger charge is -2.21. The van der Waals surface area contributed by atoms with Gasteiger partial charge in [0.25, 0.3) is 0 Å². The number of aliphatic hydroxyl groups is 1. The van der Waals surface area contributed by atoms with Crippen LogP contribution in [0.3, 0.4) is 0 Å². The number of amides is 1. The second-order valence-corrected chi connectivity index (χ2v) is 7.43. The monoisotopic (exact) mass is 321 g/mol. The van der Waals surface area contributed by atoms with Crippen molar-refractivity contribution in [2.24, 2.45) is 0 Å². The van der Waals surface area contributed by atoms with Gasteiger partial charge < -0.3 is 10.4 Å². The highest BCUT2D eigenvalue weighted by atomic mass is 32.2. The molecule has 1 amide bonds. The molecule has 3 N–H and O–H groups in total. The molecule has 1 aromatic heterocycles. The molecule has 114 valence electrons. The molecule has 0 fully saturated rings. The number of carbonyl (C=O) groups is 1. The first-order valence-electron chi connectivity index (χ1n) is 6.02. The molecule has 0 saturated carbocycles. The summed E-state index contributed by atoms with van der Waals surface area (Å²) in [5.41, 5.74) is -0.449. The van der Waals surface area contributed by atoms with E-state index < -0.39 is 15.6 Å². The second kappa shape index (κ2) is 6.51. The van der Waals surface area contributed by atoms with Crippen LogP contribution in [0.4, 0.5) is 5.13 Å². The molecular formula is C11H19N3O4S2. The van der Waals surface area contributed by atoms with Crippen LogP contribution in [0.15, 0.2) is 5.38 Å². The molecule has 0 spiro atoms. The Balaban J connectivity index is 2.51. The van der Waals surface area contributed by atoms with Gasteiger partial charge in [-0.1, -0.05) is 6.92 Å². The highest BCUT2D eigenvalue weighted by molar-refractivity contribution is 7.92. The fraction of sp³-hybridized carbons (Fsp3) is 0.636. The van der Waals surface area contributed by atoms with E-state index in [4.69, 9.17) is 0 Å². The Morgan fingerprint density at radius 1 is 1.55 bits per heavy atom. The number of nitrogens with zero attached hydrogens (tertiary/aromatic N) is 1. The number of nitrogens with one attached hydrogen (secondary N) is 2. The third-order valence-corrected chi connectivity index (χ3v) is 4.09. The molecule has 7 nitrogen and oxygen atoms in total. The van der Waals surface area contributed by atoms with Crippen molar-refractivity contribution in [1.82, 2.24) is 10.3 Å². The lowest BCUT2D eigenvalue weighted by atomic mass is 10.0. The average Bonchev–Trinajstić information content (AvgIpc) is 2.71. The van der Waals surface area contributed by atoms with Gasteiger partial charge in [-0.3, -0.25) is 9.52 Å². The molecule has 1 rings (SSSR count). The molecule has 0 aromatic carbocycles. The van der Waals surface area contributed by atoms with Crippen LogP contribution < -0.4 is 10.0 Å². The van der Waals surface area contributed by atoms with Crippen LogP contribution in [0.1, 0.15) is 26.0 Å². The quantitative estimate of drug-likeness (QED) is 0.671. The fourth-order valence-electron chi connectivity index (χ4n) is 1.23. The number of rotatable bonds is 7. The zero-order chi connectivity index (χ0) is 15.4. The topological polar surface area (TPSA) is 108 Å². The minimum Gasteiger partial charge on any atom is -0.388 e. The minimum absolute atomic E-state index is 0.0434. The van der Waals surface area contributed by atoms with E-state index >= 15 is 0 Å². The molecule has 9 heteroatoms. The van der Waals surface area contributed by atoms with Gasteiger partial charge in [0.1, 0.15) is 0 Å². The zero-order valence-corrected chi connectivity index (χ0v) is 13.3. The van der Waals surface area contributed by atoms with Crippen molar-refractivity contribution in [3.05, 3.63) is 11.1 Å². The van der Waals surface area contributed by atoms with Gasteiger partial charge in [0.15, 0.2) is 5.13 Å². The van der Waals surface area contributed by atoms with Crippen molar-refractivity contribution < 1.29 is 18.3 Å². The molecule has 1 atom stereocenters. The largest absolute Gasteiger partial charge is 0.388 e. The van der Waals surface area contributed by atoms with Gasteiger partial charge in [-0.15, -0.1) is 11.3 Å². The summed E-state index contributed by atoms with van der Waals surface area (Å²) in [6.07, 6.45) is 1.61. The average molecular weight is 321 g/mol. The van der Waals surface area contributed by atoms with E-state index in [1.807, 2.05) is 6.92 Å². The van der Waals surface area contributed by atoms with E-state index in [2.05, 4.69) is 15.0 Å². The molecule has 0 aliphatic carbocycles. The van der Waals surface area contributed by atoms with Gasteiger partial charge >= 0.3 is 0 Å². The fourth-order valence-corrected chi connectivity index (χ4v) is 2.80. The lowest BCUT2D eigenvalue weighted by Crippen LogP contribution is -2.40. The minimum atomic E-state index is -3.36. The number of sulfonamides is 1. The summed E-state index contributed by atoms with van der Waals surface area (Å²) in [6, 6.07) is 0. The van der Waals surface area contributed by atoms with Gasteiger partial charge in [0.2, 0.25) is 15.9 Å². The maximum absolute atomic E-state index is 11.7. The highest BCUT2D eigenvalue weighted by Gasteiger charge is 2.18. The van der Waals surface area contributed by atoms with Crippen molar-refractivity contribution in [2.75, 3.05) is 17.5 Å². The van der Waals surface area contributed by atoms with Gasteiger partial charge in [0, 0.05) is 11.9 Å². The molecule has 0 radical (unpaired) electrons. The third-order valence-electron chi connectivity index (χ3n) is 2.59. The first-order chi connectivity index (χ1) is 9.11. The van der Waals surface area contributed by atoms with Crippen molar-refractivity contribution >= 4 is 32.4 Å². The second-order valence-electron chi connectivity index (χ2n) is 4.82. The maximum atomic E-state index is 11.7. The summed E-state index contributed by atoms with van der Waals surface area (Å²) in [4.78, 5) is 15.7. The highest BCUT2D eigenvalue weighted by Crippen LogP contribution is 2.16. The zero-order valence-electron chi connectivity index (χ0n) is 11.6. The molecule has 1 unspecified atom stereocenters. The summed E-state index contributed by atoms with van der Waals surface area (Å²) in [6.45, 7) is 3.64. The Hall–Kier alpha value is -1.19. The molecule has 0 saturated heterocycles. The van der Waals surface area contributed by atoms with Crippen LogP contribution in [0, 0.1) is 0 Å². The van der Waals surface area contributed by atoms with E-state index in [1.54, 1.807) is 12.3 Å². The first-order valence-corrected chi connectivity index (χ1v) is 8.80. The summed E-state index contributed by atoms with van der Waals surface area (Å²) >= 11 is 1.12. The van der Waals surface area contributed by atoms with E-state index in [0.29, 0.717) is 12.1 Å². The smallest absolute Gasteiger partial charge is 0.231 e. The number of carbonyl (C=O) groups excluding carboxylic acids is 1. The molecule has 0 aliphatic heterocycles. The van der Waals surface area contributed by atoms with E-state index in [1.165, 1.54) is 0 Å². The van der Waals surface area contributed by atoms with Crippen LogP contribution in [0.2, 0.25) is 0 Å². The Kier molecular flexibility index (Phi) is 5.49. The SMILES string of the molecule is CCC(C)(O)CNC(=O)Cc1csc(NS(C)(=O)=O)n1. The van der Waals surface area contributed by atoms with Gasteiger partial charge in [-0.2, -0.15) is 0 Å². The van der Waals surface area contributed by atoms with E-state index in [0.717, 1.165) is 17.6 Å².